The fourth-order valence-corrected chi connectivity index (χ4v) is 5.20. The van der Waals surface area contributed by atoms with Gasteiger partial charge in [-0.3, -0.25) is 9.59 Å². The molecule has 0 aliphatic carbocycles. The molecule has 4 atom stereocenters. The average molecular weight is 529 g/mol. The van der Waals surface area contributed by atoms with Crippen LogP contribution in [-0.2, 0) is 16.1 Å². The topological polar surface area (TPSA) is 113 Å². The van der Waals surface area contributed by atoms with Gasteiger partial charge in [0.1, 0.15) is 0 Å². The maximum atomic E-state index is 13.4. The van der Waals surface area contributed by atoms with E-state index in [1.54, 1.807) is 42.5 Å². The molecule has 1 saturated heterocycles. The van der Waals surface area contributed by atoms with E-state index in [4.69, 9.17) is 38.8 Å². The van der Waals surface area contributed by atoms with Gasteiger partial charge in [0.25, 0.3) is 5.91 Å². The molecule has 1 fully saturated rings. The van der Waals surface area contributed by atoms with E-state index in [0.717, 1.165) is 5.56 Å². The minimum atomic E-state index is -0.878. The zero-order chi connectivity index (χ0) is 25.8. The zero-order valence-electron chi connectivity index (χ0n) is 19.3. The predicted octanol–water partition coefficient (Wildman–Crippen LogP) is 3.70. The Morgan fingerprint density at radius 2 is 1.69 bits per heavy atom. The van der Waals surface area contributed by atoms with Crippen LogP contribution in [0.15, 0.2) is 72.8 Å². The number of aliphatic hydroxyl groups is 2. The van der Waals surface area contributed by atoms with E-state index in [1.807, 2.05) is 30.3 Å². The quantitative estimate of drug-likeness (QED) is 0.477. The van der Waals surface area contributed by atoms with E-state index in [0.29, 0.717) is 26.7 Å². The van der Waals surface area contributed by atoms with Gasteiger partial charge < -0.3 is 25.6 Å². The van der Waals surface area contributed by atoms with Crippen LogP contribution in [0, 0.1) is 0 Å². The second kappa shape index (κ2) is 11.4. The number of amides is 2. The van der Waals surface area contributed by atoms with Gasteiger partial charge in [0.2, 0.25) is 5.91 Å². The van der Waals surface area contributed by atoms with Gasteiger partial charge >= 0.3 is 0 Å². The normalized spacial score (nSPS) is 23.0. The summed E-state index contributed by atoms with van der Waals surface area (Å²) in [6.45, 7) is 0.404. The molecule has 5 rings (SSSR count). The Hall–Kier alpha value is -2.94. The molecule has 0 saturated carbocycles. The molecule has 2 amide bonds. The van der Waals surface area contributed by atoms with Crippen LogP contribution >= 0.6 is 23.2 Å². The molecule has 188 valence electrons. The number of hydrogen-bond donors (Lipinski definition) is 3. The minimum Gasteiger partial charge on any atom is -0.392 e. The van der Waals surface area contributed by atoms with E-state index < -0.39 is 30.0 Å². The van der Waals surface area contributed by atoms with Gasteiger partial charge in [0.05, 0.1) is 43.9 Å². The van der Waals surface area contributed by atoms with E-state index in [9.17, 15) is 14.7 Å². The molecule has 36 heavy (non-hydrogen) atoms. The number of carbonyl (C=O) groups excluding carboxylic acids is 2. The average Bonchev–Trinajstić information content (AvgIpc) is 3.30. The number of aliphatic hydroxyl groups excluding tert-OH is 2. The first-order valence-electron chi connectivity index (χ1n) is 11.4. The van der Waals surface area contributed by atoms with Crippen molar-refractivity contribution in [3.05, 3.63) is 105 Å². The highest BCUT2D eigenvalue weighted by molar-refractivity contribution is 6.35. The second-order valence-corrected chi connectivity index (χ2v) is 9.45. The number of halogens is 2. The summed E-state index contributed by atoms with van der Waals surface area (Å²) in [5, 5.41) is 19.7. The maximum absolute atomic E-state index is 13.4. The third-order valence-corrected chi connectivity index (χ3v) is 6.93. The lowest BCUT2D eigenvalue weighted by molar-refractivity contribution is -0.121. The van der Waals surface area contributed by atoms with Crippen LogP contribution in [0.3, 0.4) is 0 Å². The summed E-state index contributed by atoms with van der Waals surface area (Å²) in [5.41, 5.74) is 8.22. The smallest absolute Gasteiger partial charge is 0.255 e. The van der Waals surface area contributed by atoms with Crippen LogP contribution < -0.4 is 5.73 Å². The number of rotatable bonds is 4. The number of hydrogen-bond acceptors (Lipinski definition) is 5. The van der Waals surface area contributed by atoms with Crippen LogP contribution in [0.5, 0.6) is 0 Å². The Morgan fingerprint density at radius 3 is 2.28 bits per heavy atom. The fraction of sp³-hybridized carbons (Fsp3) is 0.259. The number of fused-ring (bicyclic) bond motifs is 1. The number of nitrogens with zero attached hydrogens (tertiary/aromatic N) is 1. The molecular weight excluding hydrogens is 503 g/mol. The molecular formula is C27H26Cl2N2O5. The second-order valence-electron chi connectivity index (χ2n) is 8.61. The van der Waals surface area contributed by atoms with Crippen molar-refractivity contribution in [3.8, 4) is 0 Å². The zero-order valence-corrected chi connectivity index (χ0v) is 20.8. The predicted molar refractivity (Wildman–Crippen MR) is 137 cm³/mol. The Kier molecular flexibility index (Phi) is 8.28. The molecule has 4 unspecified atom stereocenters. The summed E-state index contributed by atoms with van der Waals surface area (Å²) < 4.78 is 5.37. The van der Waals surface area contributed by atoms with Crippen LogP contribution in [0.1, 0.15) is 39.0 Å². The minimum absolute atomic E-state index is 0.110. The van der Waals surface area contributed by atoms with Crippen molar-refractivity contribution in [2.45, 2.75) is 30.7 Å². The van der Waals surface area contributed by atoms with Gasteiger partial charge in [-0.15, -0.1) is 0 Å². The summed E-state index contributed by atoms with van der Waals surface area (Å²) in [7, 11) is 0. The van der Waals surface area contributed by atoms with Crippen molar-refractivity contribution in [2.24, 2.45) is 5.73 Å². The van der Waals surface area contributed by atoms with Crippen molar-refractivity contribution < 1.29 is 24.5 Å². The van der Waals surface area contributed by atoms with Crippen LogP contribution in [0.2, 0.25) is 10.0 Å². The van der Waals surface area contributed by atoms with E-state index in [2.05, 4.69) is 0 Å². The Bertz CT molecular complexity index is 1240. The van der Waals surface area contributed by atoms with Crippen molar-refractivity contribution >= 4 is 35.0 Å². The van der Waals surface area contributed by atoms with Gasteiger partial charge in [0.15, 0.2) is 0 Å². The SMILES string of the molecule is NC(=O)C1c2ccccc2C(=O)N(C2COCC2O)C1c1ccc(Cl)cc1Cl.OCc1ccccc1. The van der Waals surface area contributed by atoms with Crippen molar-refractivity contribution in [1.82, 2.24) is 4.90 Å². The van der Waals surface area contributed by atoms with Gasteiger partial charge in [-0.1, -0.05) is 77.8 Å². The first-order chi connectivity index (χ1) is 17.3. The van der Waals surface area contributed by atoms with Crippen LogP contribution in [0.25, 0.3) is 0 Å². The molecule has 7 nitrogen and oxygen atoms in total. The fourth-order valence-electron chi connectivity index (χ4n) is 4.68. The summed E-state index contributed by atoms with van der Waals surface area (Å²) >= 11 is 12.5. The maximum Gasteiger partial charge on any atom is 0.255 e. The lowest BCUT2D eigenvalue weighted by atomic mass is 9.78. The van der Waals surface area contributed by atoms with Gasteiger partial charge in [-0.05, 0) is 34.9 Å². The molecule has 0 radical (unpaired) electrons. The summed E-state index contributed by atoms with van der Waals surface area (Å²) in [5.74, 6) is -1.73. The number of benzene rings is 3. The Balaban J connectivity index is 0.000000325. The molecule has 2 heterocycles. The molecule has 0 aromatic heterocycles. The van der Waals surface area contributed by atoms with Gasteiger partial charge in [0, 0.05) is 15.6 Å². The summed E-state index contributed by atoms with van der Waals surface area (Å²) in [6.07, 6.45) is -0.878. The van der Waals surface area contributed by atoms with Gasteiger partial charge in [-0.25, -0.2) is 0 Å². The third kappa shape index (κ3) is 5.26. The first-order valence-corrected chi connectivity index (χ1v) is 12.2. The van der Waals surface area contributed by atoms with E-state index in [-0.39, 0.29) is 25.7 Å². The highest BCUT2D eigenvalue weighted by atomic mass is 35.5. The highest BCUT2D eigenvalue weighted by Gasteiger charge is 2.49. The Morgan fingerprint density at radius 1 is 1.00 bits per heavy atom. The summed E-state index contributed by atoms with van der Waals surface area (Å²) in [6, 6.07) is 19.9. The molecule has 0 spiro atoms. The molecule has 9 heteroatoms. The van der Waals surface area contributed by atoms with Crippen LogP contribution in [-0.4, -0.2) is 52.3 Å². The molecule has 2 aliphatic heterocycles. The van der Waals surface area contributed by atoms with Crippen molar-refractivity contribution in [3.63, 3.8) is 0 Å². The van der Waals surface area contributed by atoms with Gasteiger partial charge in [-0.2, -0.15) is 0 Å². The monoisotopic (exact) mass is 528 g/mol. The lowest BCUT2D eigenvalue weighted by Gasteiger charge is -2.44. The lowest BCUT2D eigenvalue weighted by Crippen LogP contribution is -2.54. The summed E-state index contributed by atoms with van der Waals surface area (Å²) in [4.78, 5) is 27.5. The molecule has 2 aliphatic rings. The standard InChI is InChI=1S/C20H18Cl2N2O4.C7H8O/c21-10-5-6-13(14(22)7-10)18-17(19(23)26)11-3-1-2-4-12(11)20(27)24(18)15-8-28-9-16(15)25;8-6-7-4-2-1-3-5-7/h1-7,15-18,25H,8-9H2,(H2,23,26);1-5,8H,6H2. The molecule has 3 aromatic carbocycles. The largest absolute Gasteiger partial charge is 0.392 e. The van der Waals surface area contributed by atoms with E-state index in [1.165, 1.54) is 4.90 Å². The van der Waals surface area contributed by atoms with E-state index >= 15 is 0 Å². The van der Waals surface area contributed by atoms with Crippen molar-refractivity contribution in [2.75, 3.05) is 13.2 Å². The Labute approximate surface area is 219 Å². The number of carbonyl (C=O) groups is 2. The van der Waals surface area contributed by atoms with Crippen LogP contribution in [0.4, 0.5) is 0 Å². The number of primary amides is 1. The molecule has 4 N–H and O–H groups in total. The molecule has 3 aromatic rings. The first kappa shape index (κ1) is 26.1. The third-order valence-electron chi connectivity index (χ3n) is 6.37. The number of nitrogens with two attached hydrogens (primary N) is 1. The van der Waals surface area contributed by atoms with Crippen molar-refractivity contribution in [1.29, 1.82) is 0 Å². The highest BCUT2D eigenvalue weighted by Crippen LogP contribution is 2.46. The molecule has 0 bridgehead atoms. The number of ether oxygens (including phenoxy) is 1.